The number of carbonyl (C=O) groups excluding carboxylic acids is 2. The van der Waals surface area contributed by atoms with Crippen LogP contribution in [0.2, 0.25) is 0 Å². The number of furan rings is 1. The molecule has 1 fully saturated rings. The first-order valence-electron chi connectivity index (χ1n) is 8.46. The third-order valence-corrected chi connectivity index (χ3v) is 5.36. The summed E-state index contributed by atoms with van der Waals surface area (Å²) >= 11 is 3.42. The zero-order valence-electron chi connectivity index (χ0n) is 14.9. The molecule has 2 aromatic rings. The van der Waals surface area contributed by atoms with E-state index >= 15 is 0 Å². The number of amides is 1. The molecular weight excluding hydrogens is 398 g/mol. The number of hydrogen-bond donors (Lipinski definition) is 1. The smallest absolute Gasteiger partial charge is 0.295 e. The molecule has 1 aliphatic heterocycles. The normalized spacial score (nSPS) is 19.4. The summed E-state index contributed by atoms with van der Waals surface area (Å²) in [6, 6.07) is 8.10. The average molecular weight is 418 g/mol. The molecule has 5 nitrogen and oxygen atoms in total. The van der Waals surface area contributed by atoms with E-state index in [9.17, 15) is 14.7 Å². The second kappa shape index (κ2) is 7.11. The number of ketones is 1. The van der Waals surface area contributed by atoms with Crippen molar-refractivity contribution < 1.29 is 19.1 Å². The Labute approximate surface area is 160 Å². The summed E-state index contributed by atoms with van der Waals surface area (Å²) in [7, 11) is 0. The second-order valence-corrected chi connectivity index (χ2v) is 7.26. The Hall–Kier alpha value is -2.34. The summed E-state index contributed by atoms with van der Waals surface area (Å²) in [6.07, 6.45) is 0.695. The molecule has 3 rings (SSSR count). The van der Waals surface area contributed by atoms with E-state index in [2.05, 4.69) is 15.9 Å². The highest BCUT2D eigenvalue weighted by Crippen LogP contribution is 2.40. The van der Waals surface area contributed by atoms with E-state index in [0.29, 0.717) is 30.0 Å². The monoisotopic (exact) mass is 417 g/mol. The summed E-state index contributed by atoms with van der Waals surface area (Å²) < 4.78 is 6.60. The number of hydrogen-bond acceptors (Lipinski definition) is 4. The molecule has 0 radical (unpaired) electrons. The first-order valence-corrected chi connectivity index (χ1v) is 9.25. The number of nitrogens with zero attached hydrogens (tertiary/aromatic N) is 1. The van der Waals surface area contributed by atoms with Crippen LogP contribution in [0.15, 0.2) is 44.8 Å². The van der Waals surface area contributed by atoms with Crippen LogP contribution in [0.3, 0.4) is 0 Å². The molecule has 1 amide bonds. The molecule has 6 heteroatoms. The summed E-state index contributed by atoms with van der Waals surface area (Å²) in [5.41, 5.74) is 1.48. The molecule has 26 heavy (non-hydrogen) atoms. The molecule has 1 aromatic heterocycles. The zero-order valence-corrected chi connectivity index (χ0v) is 16.5. The van der Waals surface area contributed by atoms with Gasteiger partial charge in [0.2, 0.25) is 0 Å². The van der Waals surface area contributed by atoms with Gasteiger partial charge in [0, 0.05) is 16.6 Å². The molecule has 1 aromatic carbocycles. The Morgan fingerprint density at radius 2 is 1.96 bits per heavy atom. The Kier molecular flexibility index (Phi) is 5.05. The number of aryl methyl sites for hydroxylation is 2. The van der Waals surface area contributed by atoms with E-state index in [1.807, 2.05) is 13.8 Å². The van der Waals surface area contributed by atoms with Crippen molar-refractivity contribution in [2.24, 2.45) is 0 Å². The van der Waals surface area contributed by atoms with Gasteiger partial charge in [0.05, 0.1) is 5.57 Å². The number of halogens is 1. The second-order valence-electron chi connectivity index (χ2n) is 6.40. The Morgan fingerprint density at radius 3 is 2.54 bits per heavy atom. The van der Waals surface area contributed by atoms with E-state index in [1.165, 1.54) is 4.90 Å². The zero-order chi connectivity index (χ0) is 19.0. The van der Waals surface area contributed by atoms with Crippen molar-refractivity contribution in [1.29, 1.82) is 0 Å². The minimum atomic E-state index is -0.715. The maximum absolute atomic E-state index is 12.7. The number of aliphatic hydroxyl groups excluding tert-OH is 1. The first-order chi connectivity index (χ1) is 12.3. The molecular formula is C20H20BrNO4. The minimum Gasteiger partial charge on any atom is -0.507 e. The number of benzene rings is 1. The van der Waals surface area contributed by atoms with E-state index in [0.717, 1.165) is 10.0 Å². The number of rotatable bonds is 4. The Morgan fingerprint density at radius 1 is 1.23 bits per heavy atom. The predicted molar refractivity (Wildman–Crippen MR) is 102 cm³/mol. The van der Waals surface area contributed by atoms with Crippen molar-refractivity contribution in [3.8, 4) is 0 Å². The molecule has 1 aliphatic rings. The fraction of sp³-hybridized carbons (Fsp3) is 0.300. The van der Waals surface area contributed by atoms with Crippen LogP contribution in [0.5, 0.6) is 0 Å². The van der Waals surface area contributed by atoms with Gasteiger partial charge in [-0.25, -0.2) is 0 Å². The highest BCUT2D eigenvalue weighted by Gasteiger charge is 2.47. The average Bonchev–Trinajstić information content (AvgIpc) is 3.13. The highest BCUT2D eigenvalue weighted by molar-refractivity contribution is 9.10. The highest BCUT2D eigenvalue weighted by atomic mass is 79.9. The van der Waals surface area contributed by atoms with E-state index in [1.54, 1.807) is 37.3 Å². The summed E-state index contributed by atoms with van der Waals surface area (Å²) in [4.78, 5) is 26.7. The number of Topliss-reactive ketones (excluding diaryl/α,β-unsaturated/α-hetero) is 1. The van der Waals surface area contributed by atoms with Gasteiger partial charge < -0.3 is 14.4 Å². The first kappa shape index (κ1) is 18.5. The van der Waals surface area contributed by atoms with Gasteiger partial charge in [0.25, 0.3) is 11.7 Å². The lowest BCUT2D eigenvalue weighted by Crippen LogP contribution is -2.30. The lowest BCUT2D eigenvalue weighted by atomic mass is 9.98. The van der Waals surface area contributed by atoms with Crippen LogP contribution >= 0.6 is 15.9 Å². The quantitative estimate of drug-likeness (QED) is 0.451. The molecule has 0 spiro atoms. The van der Waals surface area contributed by atoms with Crippen LogP contribution in [-0.4, -0.2) is 28.2 Å². The van der Waals surface area contributed by atoms with E-state index in [4.69, 9.17) is 4.42 Å². The van der Waals surface area contributed by atoms with Gasteiger partial charge >= 0.3 is 0 Å². The van der Waals surface area contributed by atoms with Crippen molar-refractivity contribution in [2.45, 2.75) is 33.2 Å². The maximum atomic E-state index is 12.7. The largest absolute Gasteiger partial charge is 0.507 e. The Bertz CT molecular complexity index is 912. The predicted octanol–water partition coefficient (Wildman–Crippen LogP) is 4.49. The summed E-state index contributed by atoms with van der Waals surface area (Å²) in [5, 5.41) is 10.9. The fourth-order valence-electron chi connectivity index (χ4n) is 3.20. The van der Waals surface area contributed by atoms with Crippen LogP contribution in [-0.2, 0) is 9.59 Å². The van der Waals surface area contributed by atoms with Crippen molar-refractivity contribution >= 4 is 33.4 Å². The van der Waals surface area contributed by atoms with Crippen molar-refractivity contribution in [1.82, 2.24) is 4.90 Å². The molecule has 0 aliphatic carbocycles. The summed E-state index contributed by atoms with van der Waals surface area (Å²) in [5.74, 6) is -0.319. The third kappa shape index (κ3) is 3.09. The van der Waals surface area contributed by atoms with E-state index < -0.39 is 17.7 Å². The molecule has 1 unspecified atom stereocenters. The lowest BCUT2D eigenvalue weighted by molar-refractivity contribution is -0.140. The standard InChI is InChI=1S/C20H20BrNO4/c1-4-9-22-17(15-8-5-12(3)26-15)16(19(24)20(22)25)18(23)13-6-7-14(21)11(2)10-13/h5-8,10,17,23H,4,9H2,1-3H3/b18-16-. The van der Waals surface area contributed by atoms with Gasteiger partial charge in [-0.05, 0) is 50.1 Å². The molecule has 1 atom stereocenters. The number of aliphatic hydroxyl groups is 1. The van der Waals surface area contributed by atoms with Gasteiger partial charge in [-0.2, -0.15) is 0 Å². The molecule has 2 heterocycles. The van der Waals surface area contributed by atoms with Gasteiger partial charge in [-0.15, -0.1) is 0 Å². The molecule has 0 saturated carbocycles. The summed E-state index contributed by atoms with van der Waals surface area (Å²) in [6.45, 7) is 6.03. The minimum absolute atomic E-state index is 0.0690. The van der Waals surface area contributed by atoms with Crippen LogP contribution in [0, 0.1) is 13.8 Å². The van der Waals surface area contributed by atoms with Gasteiger partial charge in [-0.3, -0.25) is 9.59 Å². The van der Waals surface area contributed by atoms with Crippen LogP contribution in [0.25, 0.3) is 5.76 Å². The van der Waals surface area contributed by atoms with Crippen molar-refractivity contribution in [3.63, 3.8) is 0 Å². The van der Waals surface area contributed by atoms with Gasteiger partial charge in [-0.1, -0.05) is 28.9 Å². The van der Waals surface area contributed by atoms with E-state index in [-0.39, 0.29) is 11.3 Å². The van der Waals surface area contributed by atoms with Crippen LogP contribution < -0.4 is 0 Å². The third-order valence-electron chi connectivity index (χ3n) is 4.47. The SMILES string of the molecule is CCCN1C(=O)C(=O)/C(=C(\O)c2ccc(Br)c(C)c2)C1c1ccc(C)o1. The fourth-order valence-corrected chi connectivity index (χ4v) is 3.44. The van der Waals surface area contributed by atoms with Crippen molar-refractivity contribution in [2.75, 3.05) is 6.54 Å². The Balaban J connectivity index is 2.19. The number of carbonyl (C=O) groups is 2. The van der Waals surface area contributed by atoms with Crippen LogP contribution in [0.1, 0.15) is 42.0 Å². The van der Waals surface area contributed by atoms with Crippen LogP contribution in [0.4, 0.5) is 0 Å². The maximum Gasteiger partial charge on any atom is 0.295 e. The van der Waals surface area contributed by atoms with Crippen molar-refractivity contribution in [3.05, 3.63) is 63.0 Å². The molecule has 0 bridgehead atoms. The molecule has 136 valence electrons. The molecule has 1 N–H and O–H groups in total. The van der Waals surface area contributed by atoms with Gasteiger partial charge in [0.15, 0.2) is 0 Å². The number of likely N-dealkylation sites (tertiary alicyclic amines) is 1. The molecule has 1 saturated heterocycles. The lowest BCUT2D eigenvalue weighted by Gasteiger charge is -2.22. The van der Waals surface area contributed by atoms with Gasteiger partial charge in [0.1, 0.15) is 23.3 Å². The topological polar surface area (TPSA) is 70.8 Å².